The van der Waals surface area contributed by atoms with Gasteiger partial charge in [0.2, 0.25) is 0 Å². The van der Waals surface area contributed by atoms with Crippen LogP contribution in [0.5, 0.6) is 0 Å². The van der Waals surface area contributed by atoms with E-state index >= 15 is 0 Å². The van der Waals surface area contributed by atoms with Crippen LogP contribution >= 0.6 is 0 Å². The zero-order valence-electron chi connectivity index (χ0n) is 23.2. The zero-order valence-corrected chi connectivity index (χ0v) is 23.2. The molecule has 2 unspecified atom stereocenters. The second-order valence-electron chi connectivity index (χ2n) is 10.5. The fourth-order valence-corrected chi connectivity index (χ4v) is 6.03. The molecule has 2 atom stereocenters. The number of rotatable bonds is 11. The van der Waals surface area contributed by atoms with Crippen LogP contribution in [0.1, 0.15) is 23.5 Å². The quantitative estimate of drug-likeness (QED) is 0.153. The van der Waals surface area contributed by atoms with Crippen LogP contribution in [-0.2, 0) is 0 Å². The summed E-state index contributed by atoms with van der Waals surface area (Å²) in [6.07, 6.45) is 5.17. The Bertz CT molecular complexity index is 1650. The van der Waals surface area contributed by atoms with Crippen LogP contribution in [0.25, 0.3) is 21.8 Å². The first-order valence-electron chi connectivity index (χ1n) is 14.1. The Morgan fingerprint density at radius 3 is 2.30 bits per heavy atom. The highest BCUT2D eigenvalue weighted by atomic mass is 15.4. The standard InChI is InChI=1S/C35H37N5/c1-36-25-34(40(28-14-7-4-8-15-28)33-18-10-17-32-31(33)20-23-37-32)39(2)24-21-29(26-11-5-3-6-12-26)30-16-9-13-27-19-22-38-35(27)30/h3-20,22-23,29,34,36-38H,21,24-25H2,1-2H3. The van der Waals surface area contributed by atoms with Gasteiger partial charge in [0.25, 0.3) is 0 Å². The predicted octanol–water partition coefficient (Wildman–Crippen LogP) is 7.49. The molecule has 3 N–H and O–H groups in total. The van der Waals surface area contributed by atoms with E-state index in [0.717, 1.165) is 25.0 Å². The topological polar surface area (TPSA) is 50.1 Å². The normalized spacial score (nSPS) is 13.2. The number of nitrogens with zero attached hydrogens (tertiary/aromatic N) is 2. The average Bonchev–Trinajstić information content (AvgIpc) is 3.69. The molecule has 202 valence electrons. The van der Waals surface area contributed by atoms with Gasteiger partial charge in [0.15, 0.2) is 0 Å². The van der Waals surface area contributed by atoms with Crippen molar-refractivity contribution in [1.82, 2.24) is 20.2 Å². The number of fused-ring (bicyclic) bond motifs is 2. The van der Waals surface area contributed by atoms with Crippen molar-refractivity contribution in [2.45, 2.75) is 18.5 Å². The Morgan fingerprint density at radius 2 is 1.50 bits per heavy atom. The third-order valence-electron chi connectivity index (χ3n) is 8.03. The van der Waals surface area contributed by atoms with Gasteiger partial charge in [-0.25, -0.2) is 0 Å². The van der Waals surface area contributed by atoms with Crippen LogP contribution in [0.15, 0.2) is 122 Å². The zero-order chi connectivity index (χ0) is 27.3. The van der Waals surface area contributed by atoms with Gasteiger partial charge < -0.3 is 20.2 Å². The van der Waals surface area contributed by atoms with Crippen LogP contribution in [0.4, 0.5) is 11.4 Å². The maximum absolute atomic E-state index is 3.51. The minimum atomic E-state index is 0.102. The van der Waals surface area contributed by atoms with Crippen LogP contribution in [-0.4, -0.2) is 48.2 Å². The molecule has 2 aromatic heterocycles. The van der Waals surface area contributed by atoms with Crippen molar-refractivity contribution >= 4 is 33.2 Å². The summed E-state index contributed by atoms with van der Waals surface area (Å²) in [5.41, 5.74) is 7.46. The highest BCUT2D eigenvalue weighted by Crippen LogP contribution is 2.36. The molecular weight excluding hydrogens is 490 g/mol. The molecule has 0 aliphatic rings. The van der Waals surface area contributed by atoms with E-state index in [-0.39, 0.29) is 12.1 Å². The molecule has 4 aromatic carbocycles. The lowest BCUT2D eigenvalue weighted by Crippen LogP contribution is -2.50. The number of nitrogens with one attached hydrogen (secondary N) is 3. The molecule has 6 rings (SSSR count). The van der Waals surface area contributed by atoms with Gasteiger partial charge >= 0.3 is 0 Å². The number of aromatic nitrogens is 2. The molecular formula is C35H37N5. The molecule has 0 bridgehead atoms. The van der Waals surface area contributed by atoms with Crippen molar-refractivity contribution < 1.29 is 0 Å². The number of hydrogen-bond acceptors (Lipinski definition) is 3. The molecule has 0 fully saturated rings. The Kier molecular flexibility index (Phi) is 7.67. The van der Waals surface area contributed by atoms with Crippen LogP contribution in [0.3, 0.4) is 0 Å². The van der Waals surface area contributed by atoms with Crippen LogP contribution < -0.4 is 10.2 Å². The van der Waals surface area contributed by atoms with Crippen molar-refractivity contribution in [1.29, 1.82) is 0 Å². The number of para-hydroxylation sites is 2. The SMILES string of the molecule is CNCC(N(C)CCC(c1ccccc1)c1cccc2cc[nH]c12)N(c1ccccc1)c1cccc2[nH]ccc12. The lowest BCUT2D eigenvalue weighted by Gasteiger charge is -2.40. The summed E-state index contributed by atoms with van der Waals surface area (Å²) in [4.78, 5) is 11.9. The summed E-state index contributed by atoms with van der Waals surface area (Å²) in [7, 11) is 4.30. The summed E-state index contributed by atoms with van der Waals surface area (Å²) in [5, 5.41) is 5.97. The summed E-state index contributed by atoms with van der Waals surface area (Å²) in [6, 6.07) is 39.2. The molecule has 40 heavy (non-hydrogen) atoms. The van der Waals surface area contributed by atoms with E-state index in [9.17, 15) is 0 Å². The molecule has 0 saturated heterocycles. The third-order valence-corrected chi connectivity index (χ3v) is 8.03. The third kappa shape index (κ3) is 5.14. The van der Waals surface area contributed by atoms with Crippen molar-refractivity contribution in [2.75, 3.05) is 32.1 Å². The predicted molar refractivity (Wildman–Crippen MR) is 168 cm³/mol. The minimum absolute atomic E-state index is 0.102. The molecule has 0 aliphatic carbocycles. The molecule has 5 heteroatoms. The van der Waals surface area contributed by atoms with Gasteiger partial charge in [-0.05, 0) is 73.4 Å². The van der Waals surface area contributed by atoms with E-state index in [1.165, 1.54) is 38.8 Å². The highest BCUT2D eigenvalue weighted by molar-refractivity contribution is 5.94. The molecule has 0 radical (unpaired) electrons. The maximum atomic E-state index is 3.51. The lowest BCUT2D eigenvalue weighted by molar-refractivity contribution is 0.236. The Labute approximate surface area is 236 Å². The van der Waals surface area contributed by atoms with Gasteiger partial charge in [0.05, 0.1) is 11.9 Å². The van der Waals surface area contributed by atoms with Crippen molar-refractivity contribution in [2.24, 2.45) is 0 Å². The highest BCUT2D eigenvalue weighted by Gasteiger charge is 2.27. The largest absolute Gasteiger partial charge is 0.361 e. The van der Waals surface area contributed by atoms with Gasteiger partial charge in [0, 0.05) is 53.5 Å². The van der Waals surface area contributed by atoms with Crippen molar-refractivity contribution in [3.63, 3.8) is 0 Å². The van der Waals surface area contributed by atoms with E-state index in [0.29, 0.717) is 0 Å². The second-order valence-corrected chi connectivity index (χ2v) is 10.5. The average molecular weight is 528 g/mol. The monoisotopic (exact) mass is 527 g/mol. The summed E-state index contributed by atoms with van der Waals surface area (Å²) < 4.78 is 0. The molecule has 0 saturated carbocycles. The van der Waals surface area contributed by atoms with Crippen molar-refractivity contribution in [3.8, 4) is 0 Å². The van der Waals surface area contributed by atoms with Gasteiger partial charge in [-0.1, -0.05) is 72.8 Å². The van der Waals surface area contributed by atoms with E-state index in [4.69, 9.17) is 0 Å². The fraction of sp³-hybridized carbons (Fsp3) is 0.200. The van der Waals surface area contributed by atoms with E-state index in [1.807, 2.05) is 19.4 Å². The van der Waals surface area contributed by atoms with Crippen molar-refractivity contribution in [3.05, 3.63) is 133 Å². The smallest absolute Gasteiger partial charge is 0.0993 e. The second kappa shape index (κ2) is 11.8. The Balaban J connectivity index is 1.36. The van der Waals surface area contributed by atoms with Gasteiger partial charge in [-0.15, -0.1) is 0 Å². The molecule has 2 heterocycles. The number of benzene rings is 4. The Morgan fingerprint density at radius 1 is 0.750 bits per heavy atom. The number of hydrogen-bond donors (Lipinski definition) is 3. The van der Waals surface area contributed by atoms with Gasteiger partial charge in [-0.3, -0.25) is 4.90 Å². The lowest BCUT2D eigenvalue weighted by atomic mass is 9.87. The number of aromatic amines is 2. The van der Waals surface area contributed by atoms with Gasteiger partial charge in [-0.2, -0.15) is 0 Å². The number of H-pyrrole nitrogens is 2. The first kappa shape index (κ1) is 25.9. The van der Waals surface area contributed by atoms with E-state index in [1.54, 1.807) is 0 Å². The summed E-state index contributed by atoms with van der Waals surface area (Å²) >= 11 is 0. The minimum Gasteiger partial charge on any atom is -0.361 e. The Hall–Kier alpha value is -4.32. The molecule has 0 aliphatic heterocycles. The first-order valence-corrected chi connectivity index (χ1v) is 14.1. The fourth-order valence-electron chi connectivity index (χ4n) is 6.03. The van der Waals surface area contributed by atoms with Crippen LogP contribution in [0, 0.1) is 0 Å². The van der Waals surface area contributed by atoms with Gasteiger partial charge in [0.1, 0.15) is 0 Å². The molecule has 6 aromatic rings. The van der Waals surface area contributed by atoms with Crippen LogP contribution in [0.2, 0.25) is 0 Å². The molecule has 0 amide bonds. The summed E-state index contributed by atoms with van der Waals surface area (Å²) in [5.74, 6) is 0.277. The summed E-state index contributed by atoms with van der Waals surface area (Å²) in [6.45, 7) is 1.74. The first-order chi connectivity index (χ1) is 19.7. The van der Waals surface area contributed by atoms with E-state index in [2.05, 4.69) is 141 Å². The molecule has 0 spiro atoms. The molecule has 5 nitrogen and oxygen atoms in total. The maximum Gasteiger partial charge on any atom is 0.0993 e. The number of likely N-dealkylation sites (N-methyl/N-ethyl adjacent to an activating group) is 2. The number of anilines is 2. The van der Waals surface area contributed by atoms with E-state index < -0.39 is 0 Å².